The lowest BCUT2D eigenvalue weighted by atomic mass is 9.82. The minimum atomic E-state index is -0.258. The quantitative estimate of drug-likeness (QED) is 0.741. The maximum Gasteiger partial charge on any atom is 0.0609 e. The fourth-order valence-electron chi connectivity index (χ4n) is 3.16. The molecule has 0 aliphatic heterocycles. The molecule has 1 aliphatic rings. The third kappa shape index (κ3) is 6.19. The van der Waals surface area contributed by atoms with E-state index < -0.39 is 0 Å². The molecule has 2 heteroatoms. The van der Waals surface area contributed by atoms with Gasteiger partial charge in [0.15, 0.2) is 0 Å². The Morgan fingerprint density at radius 3 is 2.11 bits per heavy atom. The molecule has 0 bridgehead atoms. The van der Waals surface area contributed by atoms with Crippen molar-refractivity contribution in [1.29, 1.82) is 0 Å². The molecule has 1 rings (SSSR count). The zero-order chi connectivity index (χ0) is 13.5. The van der Waals surface area contributed by atoms with Crippen molar-refractivity contribution in [3.05, 3.63) is 0 Å². The Balaban J connectivity index is 2.48. The molecule has 1 aliphatic carbocycles. The maximum atomic E-state index is 9.45. The normalized spacial score (nSPS) is 23.0. The molecule has 1 N–H and O–H groups in total. The van der Waals surface area contributed by atoms with E-state index in [0.29, 0.717) is 12.0 Å². The number of hydrogen-bond donors (Lipinski definition) is 1. The smallest absolute Gasteiger partial charge is 0.0609 e. The monoisotopic (exact) mass is 256 g/mol. The lowest BCUT2D eigenvalue weighted by Crippen LogP contribution is -2.32. The zero-order valence-electron chi connectivity index (χ0n) is 12.7. The molecule has 2 nitrogen and oxygen atoms in total. The van der Waals surface area contributed by atoms with Crippen LogP contribution in [-0.4, -0.2) is 23.4 Å². The van der Waals surface area contributed by atoms with Crippen LogP contribution < -0.4 is 0 Å². The lowest BCUT2D eigenvalue weighted by Gasteiger charge is -2.33. The summed E-state index contributed by atoms with van der Waals surface area (Å²) in [6.45, 7) is 8.50. The molecule has 0 aromatic heterocycles. The van der Waals surface area contributed by atoms with Gasteiger partial charge in [-0.25, -0.2) is 0 Å². The highest BCUT2D eigenvalue weighted by molar-refractivity contribution is 4.77. The minimum absolute atomic E-state index is 0.177. The Bertz CT molecular complexity index is 207. The van der Waals surface area contributed by atoms with Gasteiger partial charge in [-0.1, -0.05) is 33.1 Å². The summed E-state index contributed by atoms with van der Waals surface area (Å²) in [6.07, 6.45) is 9.03. The second-order valence-corrected chi connectivity index (χ2v) is 6.60. The summed E-state index contributed by atoms with van der Waals surface area (Å²) in [6, 6.07) is 0. The summed E-state index contributed by atoms with van der Waals surface area (Å²) in [5, 5.41) is 9.45. The standard InChI is InChI=1S/C16H32O2/c1-12(2)10-16(15-8-6-5-7-9-15)18-14(4)11-13(3)17/h12-17H,5-11H2,1-4H3/t13-,14-,16+/m1/s1. The first-order valence-corrected chi connectivity index (χ1v) is 7.82. The van der Waals surface area contributed by atoms with E-state index in [9.17, 15) is 5.11 Å². The first kappa shape index (κ1) is 16.0. The molecule has 1 fully saturated rings. The highest BCUT2D eigenvalue weighted by Crippen LogP contribution is 2.31. The number of aliphatic hydroxyl groups is 1. The van der Waals surface area contributed by atoms with Crippen LogP contribution >= 0.6 is 0 Å². The van der Waals surface area contributed by atoms with Crippen LogP contribution in [0.25, 0.3) is 0 Å². The van der Waals surface area contributed by atoms with Crippen molar-refractivity contribution in [2.75, 3.05) is 0 Å². The lowest BCUT2D eigenvalue weighted by molar-refractivity contribution is -0.0662. The first-order chi connectivity index (χ1) is 8.49. The van der Waals surface area contributed by atoms with Gasteiger partial charge >= 0.3 is 0 Å². The summed E-state index contributed by atoms with van der Waals surface area (Å²) in [5.41, 5.74) is 0. The Morgan fingerprint density at radius 2 is 1.61 bits per heavy atom. The number of aliphatic hydroxyl groups excluding tert-OH is 1. The van der Waals surface area contributed by atoms with E-state index in [0.717, 1.165) is 18.8 Å². The van der Waals surface area contributed by atoms with E-state index in [-0.39, 0.29) is 12.2 Å². The van der Waals surface area contributed by atoms with E-state index in [1.807, 2.05) is 6.92 Å². The predicted molar refractivity (Wildman–Crippen MR) is 76.7 cm³/mol. The van der Waals surface area contributed by atoms with Crippen molar-refractivity contribution in [1.82, 2.24) is 0 Å². The molecule has 0 aromatic rings. The third-order valence-corrected chi connectivity index (χ3v) is 3.96. The van der Waals surface area contributed by atoms with E-state index in [4.69, 9.17) is 4.74 Å². The van der Waals surface area contributed by atoms with E-state index >= 15 is 0 Å². The van der Waals surface area contributed by atoms with Gasteiger partial charge in [0, 0.05) is 0 Å². The van der Waals surface area contributed by atoms with Crippen LogP contribution in [0.1, 0.15) is 72.6 Å². The molecular weight excluding hydrogens is 224 g/mol. The van der Waals surface area contributed by atoms with Crippen molar-refractivity contribution < 1.29 is 9.84 Å². The minimum Gasteiger partial charge on any atom is -0.393 e. The van der Waals surface area contributed by atoms with Crippen LogP contribution in [0.4, 0.5) is 0 Å². The Kier molecular flexibility index (Phi) is 7.25. The van der Waals surface area contributed by atoms with Crippen LogP contribution in [0.5, 0.6) is 0 Å². The molecule has 3 atom stereocenters. The van der Waals surface area contributed by atoms with Crippen LogP contribution in [0, 0.1) is 11.8 Å². The second-order valence-electron chi connectivity index (χ2n) is 6.60. The molecule has 0 spiro atoms. The third-order valence-electron chi connectivity index (χ3n) is 3.96. The van der Waals surface area contributed by atoms with Crippen LogP contribution in [0.15, 0.2) is 0 Å². The fraction of sp³-hybridized carbons (Fsp3) is 1.00. The first-order valence-electron chi connectivity index (χ1n) is 7.82. The molecule has 0 unspecified atom stereocenters. The molecule has 0 radical (unpaired) electrons. The van der Waals surface area contributed by atoms with Crippen molar-refractivity contribution >= 4 is 0 Å². The summed E-state index contributed by atoms with van der Waals surface area (Å²) in [7, 11) is 0. The van der Waals surface area contributed by atoms with Crippen molar-refractivity contribution in [3.8, 4) is 0 Å². The molecule has 0 heterocycles. The summed E-state index contributed by atoms with van der Waals surface area (Å²) in [5.74, 6) is 1.44. The Labute approximate surface area is 113 Å². The SMILES string of the molecule is CC(C)C[C@H](O[C@H](C)C[C@@H](C)O)C1CCCCC1. The Hall–Kier alpha value is -0.0800. The summed E-state index contributed by atoms with van der Waals surface area (Å²) >= 11 is 0. The fourth-order valence-corrected chi connectivity index (χ4v) is 3.16. The largest absolute Gasteiger partial charge is 0.393 e. The Morgan fingerprint density at radius 1 is 1.00 bits per heavy atom. The van der Waals surface area contributed by atoms with Gasteiger partial charge in [0.25, 0.3) is 0 Å². The van der Waals surface area contributed by atoms with E-state index in [1.54, 1.807) is 0 Å². The number of rotatable bonds is 7. The predicted octanol–water partition coefficient (Wildman–Crippen LogP) is 4.16. The molecular formula is C16H32O2. The van der Waals surface area contributed by atoms with Crippen LogP contribution in [0.3, 0.4) is 0 Å². The van der Waals surface area contributed by atoms with Gasteiger partial charge in [-0.3, -0.25) is 0 Å². The average Bonchev–Trinajstić information content (AvgIpc) is 2.27. The van der Waals surface area contributed by atoms with Crippen LogP contribution in [-0.2, 0) is 4.74 Å². The summed E-state index contributed by atoms with van der Waals surface area (Å²) in [4.78, 5) is 0. The summed E-state index contributed by atoms with van der Waals surface area (Å²) < 4.78 is 6.25. The molecule has 108 valence electrons. The number of ether oxygens (including phenoxy) is 1. The highest BCUT2D eigenvalue weighted by atomic mass is 16.5. The van der Waals surface area contributed by atoms with Gasteiger partial charge in [0.2, 0.25) is 0 Å². The highest BCUT2D eigenvalue weighted by Gasteiger charge is 2.26. The average molecular weight is 256 g/mol. The number of hydrogen-bond acceptors (Lipinski definition) is 2. The second kappa shape index (κ2) is 8.16. The van der Waals surface area contributed by atoms with Crippen molar-refractivity contribution in [2.45, 2.75) is 91.0 Å². The maximum absolute atomic E-state index is 9.45. The van der Waals surface area contributed by atoms with E-state index in [2.05, 4.69) is 20.8 Å². The van der Waals surface area contributed by atoms with Crippen LogP contribution in [0.2, 0.25) is 0 Å². The molecule has 0 aromatic carbocycles. The van der Waals surface area contributed by atoms with Gasteiger partial charge in [0.1, 0.15) is 0 Å². The zero-order valence-corrected chi connectivity index (χ0v) is 12.7. The molecule has 0 amide bonds. The van der Waals surface area contributed by atoms with Gasteiger partial charge in [-0.15, -0.1) is 0 Å². The molecule has 1 saturated carbocycles. The molecule has 0 saturated heterocycles. The van der Waals surface area contributed by atoms with Gasteiger partial charge in [-0.2, -0.15) is 0 Å². The topological polar surface area (TPSA) is 29.5 Å². The molecule has 18 heavy (non-hydrogen) atoms. The van der Waals surface area contributed by atoms with Gasteiger partial charge in [0.05, 0.1) is 18.3 Å². The van der Waals surface area contributed by atoms with Gasteiger partial charge < -0.3 is 9.84 Å². The van der Waals surface area contributed by atoms with Crippen molar-refractivity contribution in [3.63, 3.8) is 0 Å². The van der Waals surface area contributed by atoms with E-state index in [1.165, 1.54) is 32.1 Å². The van der Waals surface area contributed by atoms with Gasteiger partial charge in [-0.05, 0) is 51.4 Å². The van der Waals surface area contributed by atoms with Crippen molar-refractivity contribution in [2.24, 2.45) is 11.8 Å².